The molecule has 0 fully saturated rings. The van der Waals surface area contributed by atoms with E-state index >= 15 is 0 Å². The van der Waals surface area contributed by atoms with Gasteiger partial charge in [-0.1, -0.05) is 90.9 Å². The van der Waals surface area contributed by atoms with Gasteiger partial charge < -0.3 is 8.85 Å². The van der Waals surface area contributed by atoms with E-state index in [0.717, 1.165) is 36.7 Å². The third-order valence-corrected chi connectivity index (χ3v) is 17.7. The number of hydrogen-bond donors (Lipinski definition) is 0. The number of hydrogen-bond acceptors (Lipinski definition) is 3. The quantitative estimate of drug-likeness (QED) is 0.149. The highest BCUT2D eigenvalue weighted by Crippen LogP contribution is 2.39. The maximum absolute atomic E-state index is 11.0. The zero-order valence-corrected chi connectivity index (χ0v) is 28.0. The second-order valence-electron chi connectivity index (χ2n) is 13.6. The van der Waals surface area contributed by atoms with Crippen LogP contribution in [-0.2, 0) is 39.7 Å². The van der Waals surface area contributed by atoms with Crippen molar-refractivity contribution in [2.45, 2.75) is 117 Å². The van der Waals surface area contributed by atoms with Crippen LogP contribution in [0, 0.1) is 0 Å². The third kappa shape index (κ3) is 8.87. The smallest absolute Gasteiger partial charge is 0.192 e. The molecule has 0 bridgehead atoms. The molecule has 2 aromatic rings. The lowest BCUT2D eigenvalue weighted by Gasteiger charge is -2.37. The summed E-state index contributed by atoms with van der Waals surface area (Å²) in [5.74, 6) is 0. The van der Waals surface area contributed by atoms with Gasteiger partial charge in [0.25, 0.3) is 0 Å². The number of rotatable bonds is 12. The lowest BCUT2D eigenvalue weighted by atomic mass is 9.96. The summed E-state index contributed by atoms with van der Waals surface area (Å²) in [5, 5.41) is 0.348. The van der Waals surface area contributed by atoms with Crippen LogP contribution in [-0.4, -0.2) is 22.9 Å². The number of carbonyl (C=O) groups excluding carboxylic acids is 1. The van der Waals surface area contributed by atoms with E-state index in [1.54, 1.807) is 6.08 Å². The van der Waals surface area contributed by atoms with E-state index < -0.39 is 16.6 Å². The molecule has 3 nitrogen and oxygen atoms in total. The molecule has 0 aliphatic carbocycles. The van der Waals surface area contributed by atoms with Crippen LogP contribution < -0.4 is 0 Å². The Labute approximate surface area is 235 Å². The first-order chi connectivity index (χ1) is 17.5. The van der Waals surface area contributed by atoms with Gasteiger partial charge >= 0.3 is 0 Å². The highest BCUT2D eigenvalue weighted by Gasteiger charge is 2.38. The molecular weight excluding hydrogens is 501 g/mol. The molecule has 2 rings (SSSR count). The summed E-state index contributed by atoms with van der Waals surface area (Å²) in [6, 6.07) is 15.4. The van der Waals surface area contributed by atoms with Crippen LogP contribution >= 0.6 is 0 Å². The van der Waals surface area contributed by atoms with Crippen LogP contribution in [0.25, 0.3) is 5.57 Å². The van der Waals surface area contributed by atoms with Gasteiger partial charge in [0.1, 0.15) is 6.29 Å². The van der Waals surface area contributed by atoms with Crippen molar-refractivity contribution in [1.82, 2.24) is 0 Å². The van der Waals surface area contributed by atoms with Gasteiger partial charge in [-0.15, -0.1) is 0 Å². The normalized spacial score (nSPS) is 13.6. The summed E-state index contributed by atoms with van der Waals surface area (Å²) < 4.78 is 13.3. The van der Waals surface area contributed by atoms with Crippen molar-refractivity contribution in [3.8, 4) is 0 Å². The lowest BCUT2D eigenvalue weighted by Crippen LogP contribution is -2.41. The summed E-state index contributed by atoms with van der Waals surface area (Å²) in [5.41, 5.74) is 7.32. The van der Waals surface area contributed by atoms with Crippen molar-refractivity contribution >= 4 is 28.5 Å². The third-order valence-electron chi connectivity index (χ3n) is 8.71. The zero-order chi connectivity index (χ0) is 28.8. The number of allylic oxidation sites excluding steroid dienone is 2. The molecule has 0 atom stereocenters. The fraction of sp³-hybridized carbons (Fsp3) is 0.545. The van der Waals surface area contributed by atoms with Gasteiger partial charge in [0.05, 0.1) is 13.2 Å². The first-order valence-corrected chi connectivity index (χ1v) is 19.9. The molecule has 2 aromatic carbocycles. The molecule has 0 N–H and O–H groups in total. The van der Waals surface area contributed by atoms with Crippen LogP contribution in [0.3, 0.4) is 0 Å². The van der Waals surface area contributed by atoms with Crippen LogP contribution in [0.5, 0.6) is 0 Å². The van der Waals surface area contributed by atoms with Crippen LogP contribution in [0.15, 0.2) is 48.5 Å². The van der Waals surface area contributed by atoms with Gasteiger partial charge in [0, 0.05) is 0 Å². The average molecular weight is 553 g/mol. The molecule has 0 unspecified atom stereocenters. The maximum atomic E-state index is 11.0. The van der Waals surface area contributed by atoms with Crippen LogP contribution in [0.1, 0.15) is 82.7 Å². The largest absolute Gasteiger partial charge is 0.413 e. The molecule has 0 aromatic heterocycles. The van der Waals surface area contributed by atoms with E-state index in [9.17, 15) is 4.79 Å². The molecular formula is C33H52O3Si2. The average Bonchev–Trinajstić information content (AvgIpc) is 2.82. The highest BCUT2D eigenvalue weighted by atomic mass is 28.4. The first-order valence-electron chi connectivity index (χ1n) is 14.1. The number of benzene rings is 2. The van der Waals surface area contributed by atoms with Gasteiger partial charge in [0.15, 0.2) is 16.6 Å². The summed E-state index contributed by atoms with van der Waals surface area (Å²) in [6.07, 6.45) is 5.32. The van der Waals surface area contributed by atoms with Gasteiger partial charge in [-0.3, -0.25) is 4.79 Å². The number of aldehydes is 1. The second-order valence-corrected chi connectivity index (χ2v) is 23.2. The SMILES string of the molecule is CC/C(=C\C=O)c1cccc(CCc2ccc(CO[Si](C)(C)C(C)(C)C)c(CO[Si](C)(C)C(C)(C)C)c2)c1. The zero-order valence-electron chi connectivity index (χ0n) is 26.0. The minimum absolute atomic E-state index is 0.170. The van der Waals surface area contributed by atoms with Gasteiger partial charge in [-0.25, -0.2) is 0 Å². The van der Waals surface area contributed by atoms with E-state index in [4.69, 9.17) is 8.85 Å². The van der Waals surface area contributed by atoms with Crippen molar-refractivity contribution in [2.75, 3.05) is 0 Å². The first kappa shape index (κ1) is 32.4. The van der Waals surface area contributed by atoms with Crippen molar-refractivity contribution < 1.29 is 13.6 Å². The number of aryl methyl sites for hydroxylation is 2. The van der Waals surface area contributed by atoms with E-state index in [2.05, 4.69) is 117 Å². The summed E-state index contributed by atoms with van der Waals surface area (Å²) in [7, 11) is -3.73. The van der Waals surface area contributed by atoms with Crippen molar-refractivity contribution in [1.29, 1.82) is 0 Å². The number of carbonyl (C=O) groups is 1. The van der Waals surface area contributed by atoms with Crippen LogP contribution in [0.4, 0.5) is 0 Å². The molecule has 0 spiro atoms. The van der Waals surface area contributed by atoms with E-state index in [0.29, 0.717) is 13.2 Å². The highest BCUT2D eigenvalue weighted by molar-refractivity contribution is 6.74. The lowest BCUT2D eigenvalue weighted by molar-refractivity contribution is -0.104. The van der Waals surface area contributed by atoms with Crippen molar-refractivity contribution in [2.24, 2.45) is 0 Å². The molecule has 0 aliphatic heterocycles. The predicted molar refractivity (Wildman–Crippen MR) is 169 cm³/mol. The van der Waals surface area contributed by atoms with Crippen LogP contribution in [0.2, 0.25) is 36.3 Å². The summed E-state index contributed by atoms with van der Waals surface area (Å²) >= 11 is 0. The standard InChI is InChI=1S/C33H52O3Si2/c1-12-28(20-21-34)29-15-13-14-26(22-29)16-17-27-18-19-30(24-35-37(8,9)32(2,3)4)31(23-27)25-36-38(10,11)33(5,6)7/h13-15,18-23H,12,16-17,24-25H2,1-11H3/b28-20+. The van der Waals surface area contributed by atoms with Gasteiger partial charge in [-0.05, 0) is 95.0 Å². The topological polar surface area (TPSA) is 35.5 Å². The Kier molecular flexibility index (Phi) is 11.1. The fourth-order valence-corrected chi connectivity index (χ4v) is 5.67. The van der Waals surface area contributed by atoms with Gasteiger partial charge in [-0.2, -0.15) is 0 Å². The molecule has 38 heavy (non-hydrogen) atoms. The van der Waals surface area contributed by atoms with Crippen molar-refractivity contribution in [3.63, 3.8) is 0 Å². The molecule has 0 radical (unpaired) electrons. The monoisotopic (exact) mass is 552 g/mol. The Bertz CT molecular complexity index is 1100. The minimum atomic E-state index is -1.88. The van der Waals surface area contributed by atoms with Gasteiger partial charge in [0.2, 0.25) is 0 Å². The van der Waals surface area contributed by atoms with E-state index in [-0.39, 0.29) is 10.1 Å². The summed E-state index contributed by atoms with van der Waals surface area (Å²) in [6.45, 7) is 26.4. The summed E-state index contributed by atoms with van der Waals surface area (Å²) in [4.78, 5) is 11.0. The predicted octanol–water partition coefficient (Wildman–Crippen LogP) is 9.51. The molecule has 5 heteroatoms. The molecule has 210 valence electrons. The Morgan fingerprint density at radius 2 is 1.29 bits per heavy atom. The molecule has 0 aliphatic rings. The molecule has 0 amide bonds. The molecule has 0 saturated carbocycles. The fourth-order valence-electron chi connectivity index (χ4n) is 3.77. The van der Waals surface area contributed by atoms with Crippen molar-refractivity contribution in [3.05, 3.63) is 76.4 Å². The Hall–Kier alpha value is -1.80. The molecule has 0 saturated heterocycles. The van der Waals surface area contributed by atoms with E-state index in [1.807, 2.05) is 0 Å². The molecule has 0 heterocycles. The second kappa shape index (κ2) is 13.0. The Morgan fingerprint density at radius 3 is 1.79 bits per heavy atom. The minimum Gasteiger partial charge on any atom is -0.413 e. The Morgan fingerprint density at radius 1 is 0.763 bits per heavy atom. The maximum Gasteiger partial charge on any atom is 0.192 e. The van der Waals surface area contributed by atoms with E-state index in [1.165, 1.54) is 22.3 Å². The Balaban J connectivity index is 2.28.